The van der Waals surface area contributed by atoms with E-state index in [0.29, 0.717) is 35.1 Å². The molecule has 218 valence electrons. The molecule has 2 aliphatic rings. The number of ketones is 2. The van der Waals surface area contributed by atoms with E-state index in [2.05, 4.69) is 4.89 Å². The molecule has 2 fully saturated rings. The Morgan fingerprint density at radius 1 is 0.805 bits per heavy atom. The molecule has 10 heteroatoms. The van der Waals surface area contributed by atoms with Crippen molar-refractivity contribution in [1.29, 1.82) is 0 Å². The first-order chi connectivity index (χ1) is 19.7. The molecule has 0 bridgehead atoms. The Bertz CT molecular complexity index is 1390. The molecule has 0 saturated carbocycles. The SMILES string of the molecule is O=C(C[C@H]1CCS(=O)(=O)C1)c1ccccc1.O=C(C[C@H]1CCSC1)c1ccccc1.O=C(OO)c1cccc(Cl)c1. The van der Waals surface area contributed by atoms with Crippen molar-refractivity contribution in [2.24, 2.45) is 11.8 Å². The average Bonchev–Trinajstić information content (AvgIpc) is 3.62. The minimum Gasteiger partial charge on any atom is -0.296 e. The lowest BCUT2D eigenvalue weighted by Gasteiger charge is -2.06. The van der Waals surface area contributed by atoms with E-state index in [1.54, 1.807) is 24.3 Å². The van der Waals surface area contributed by atoms with Crippen molar-refractivity contribution in [1.82, 2.24) is 0 Å². The van der Waals surface area contributed by atoms with Gasteiger partial charge in [0, 0.05) is 29.0 Å². The number of carbonyl (C=O) groups is 3. The summed E-state index contributed by atoms with van der Waals surface area (Å²) in [5.74, 6) is 2.97. The third-order valence-corrected chi connectivity index (χ3v) is 9.94. The van der Waals surface area contributed by atoms with Gasteiger partial charge in [0.2, 0.25) is 0 Å². The van der Waals surface area contributed by atoms with Gasteiger partial charge in [0.05, 0.1) is 17.1 Å². The van der Waals surface area contributed by atoms with E-state index in [1.165, 1.54) is 30.1 Å². The molecule has 3 aromatic carbocycles. The number of carbonyl (C=O) groups excluding carboxylic acids is 3. The molecule has 2 aliphatic heterocycles. The van der Waals surface area contributed by atoms with E-state index < -0.39 is 15.8 Å². The fourth-order valence-electron chi connectivity index (χ4n) is 4.45. The number of halogens is 1. The van der Waals surface area contributed by atoms with Gasteiger partial charge in [0.1, 0.15) is 0 Å². The molecule has 1 N–H and O–H groups in total. The van der Waals surface area contributed by atoms with E-state index in [0.717, 1.165) is 12.0 Å². The van der Waals surface area contributed by atoms with Gasteiger partial charge in [0.25, 0.3) is 0 Å². The fraction of sp³-hybridized carbons (Fsp3) is 0.323. The molecule has 7 nitrogen and oxygen atoms in total. The molecule has 0 unspecified atom stereocenters. The number of benzene rings is 3. The van der Waals surface area contributed by atoms with Crippen LogP contribution in [-0.4, -0.2) is 54.2 Å². The minimum atomic E-state index is -2.88. The van der Waals surface area contributed by atoms with Crippen LogP contribution in [0.2, 0.25) is 5.02 Å². The summed E-state index contributed by atoms with van der Waals surface area (Å²) in [6, 6.07) is 24.8. The molecule has 41 heavy (non-hydrogen) atoms. The lowest BCUT2D eigenvalue weighted by molar-refractivity contribution is -0.182. The number of rotatable bonds is 7. The largest absolute Gasteiger partial charge is 0.372 e. The Kier molecular flexibility index (Phi) is 13.1. The van der Waals surface area contributed by atoms with Crippen LogP contribution >= 0.6 is 23.4 Å². The van der Waals surface area contributed by atoms with E-state index in [9.17, 15) is 22.8 Å². The van der Waals surface area contributed by atoms with Gasteiger partial charge in [-0.05, 0) is 54.4 Å². The predicted molar refractivity (Wildman–Crippen MR) is 162 cm³/mol. The second kappa shape index (κ2) is 16.5. The summed E-state index contributed by atoms with van der Waals surface area (Å²) in [5.41, 5.74) is 1.76. The highest BCUT2D eigenvalue weighted by Crippen LogP contribution is 2.27. The lowest BCUT2D eigenvalue weighted by Crippen LogP contribution is -2.10. The molecular weight excluding hydrogens is 584 g/mol. The number of hydrogen-bond acceptors (Lipinski definition) is 8. The second-order valence-electron chi connectivity index (χ2n) is 9.87. The van der Waals surface area contributed by atoms with E-state index >= 15 is 0 Å². The zero-order valence-electron chi connectivity index (χ0n) is 22.5. The Morgan fingerprint density at radius 2 is 1.37 bits per heavy atom. The van der Waals surface area contributed by atoms with Gasteiger partial charge in [-0.15, -0.1) is 0 Å². The summed E-state index contributed by atoms with van der Waals surface area (Å²) >= 11 is 7.52. The van der Waals surface area contributed by atoms with Crippen LogP contribution in [0, 0.1) is 11.8 Å². The van der Waals surface area contributed by atoms with Crippen LogP contribution in [0.3, 0.4) is 0 Å². The molecule has 3 aromatic rings. The minimum absolute atomic E-state index is 0.0118. The Hall–Kier alpha value is -2.98. The monoisotopic (exact) mass is 616 g/mol. The van der Waals surface area contributed by atoms with Crippen molar-refractivity contribution in [2.45, 2.75) is 25.7 Å². The predicted octanol–water partition coefficient (Wildman–Crippen LogP) is 6.68. The van der Waals surface area contributed by atoms with Gasteiger partial charge < -0.3 is 0 Å². The van der Waals surface area contributed by atoms with Crippen molar-refractivity contribution < 1.29 is 32.9 Å². The lowest BCUT2D eigenvalue weighted by atomic mass is 9.98. The van der Waals surface area contributed by atoms with Crippen LogP contribution in [0.5, 0.6) is 0 Å². The molecule has 2 atom stereocenters. The topological polar surface area (TPSA) is 115 Å². The Labute approximate surface area is 250 Å². The van der Waals surface area contributed by atoms with Crippen LogP contribution < -0.4 is 0 Å². The summed E-state index contributed by atoms with van der Waals surface area (Å²) in [4.78, 5) is 37.7. The fourth-order valence-corrected chi connectivity index (χ4v) is 7.79. The highest BCUT2D eigenvalue weighted by atomic mass is 35.5. The molecule has 5 rings (SSSR count). The van der Waals surface area contributed by atoms with Gasteiger partial charge in [-0.2, -0.15) is 17.0 Å². The maximum absolute atomic E-state index is 11.8. The van der Waals surface area contributed by atoms with Gasteiger partial charge in [-0.3, -0.25) is 14.5 Å². The van der Waals surface area contributed by atoms with Gasteiger partial charge in [-0.1, -0.05) is 78.3 Å². The van der Waals surface area contributed by atoms with Crippen molar-refractivity contribution in [3.05, 3.63) is 107 Å². The standard InChI is InChI=1S/C12H14O3S.C12H14OS.C7H5ClO3/c13-12(11-4-2-1-3-5-11)8-10-6-7-16(14,15)9-10;13-12(8-10-6-7-14-9-10)11-4-2-1-3-5-11;8-6-3-1-2-5(4-6)7(9)11-10/h1-5,10H,6-9H2;1-5,10H,6-9H2;1-4,10H/t2*10-;/m11./s1. The maximum Gasteiger partial charge on any atom is 0.372 e. The molecule has 0 radical (unpaired) electrons. The van der Waals surface area contributed by atoms with Crippen molar-refractivity contribution >= 4 is 50.7 Å². The number of hydrogen-bond donors (Lipinski definition) is 1. The quantitative estimate of drug-likeness (QED) is 0.178. The summed E-state index contributed by atoms with van der Waals surface area (Å²) in [6.07, 6.45) is 2.92. The molecule has 2 heterocycles. The molecule has 0 amide bonds. The Morgan fingerprint density at radius 3 is 1.83 bits per heavy atom. The zero-order valence-corrected chi connectivity index (χ0v) is 24.9. The van der Waals surface area contributed by atoms with Crippen LogP contribution in [0.15, 0.2) is 84.9 Å². The Balaban J connectivity index is 0.000000172. The van der Waals surface area contributed by atoms with Crippen LogP contribution in [0.25, 0.3) is 0 Å². The van der Waals surface area contributed by atoms with E-state index in [1.807, 2.05) is 60.3 Å². The van der Waals surface area contributed by atoms with Crippen molar-refractivity contribution in [2.75, 3.05) is 23.0 Å². The first kappa shape index (κ1) is 32.5. The van der Waals surface area contributed by atoms with Crippen LogP contribution in [-0.2, 0) is 14.7 Å². The third kappa shape index (κ3) is 11.4. The molecule has 0 aromatic heterocycles. The highest BCUT2D eigenvalue weighted by molar-refractivity contribution is 7.99. The van der Waals surface area contributed by atoms with Crippen LogP contribution in [0.1, 0.15) is 56.8 Å². The summed E-state index contributed by atoms with van der Waals surface area (Å²) < 4.78 is 22.5. The molecule has 0 spiro atoms. The van der Waals surface area contributed by atoms with Crippen LogP contribution in [0.4, 0.5) is 0 Å². The van der Waals surface area contributed by atoms with Gasteiger partial charge in [0.15, 0.2) is 21.4 Å². The first-order valence-corrected chi connectivity index (χ1v) is 16.6. The molecule has 2 saturated heterocycles. The van der Waals surface area contributed by atoms with E-state index in [4.69, 9.17) is 16.9 Å². The number of thioether (sulfide) groups is 1. The summed E-state index contributed by atoms with van der Waals surface area (Å²) in [6.45, 7) is 0. The number of Topliss-reactive ketones (excluding diaryl/α,β-unsaturated/α-hetero) is 2. The number of sulfone groups is 1. The maximum atomic E-state index is 11.8. The summed E-state index contributed by atoms with van der Waals surface area (Å²) in [7, 11) is -2.88. The average molecular weight is 617 g/mol. The second-order valence-corrected chi connectivity index (χ2v) is 13.7. The third-order valence-electron chi connectivity index (χ3n) is 6.63. The normalized spacial score (nSPS) is 18.7. The highest BCUT2D eigenvalue weighted by Gasteiger charge is 2.29. The van der Waals surface area contributed by atoms with Gasteiger partial charge in [-0.25, -0.2) is 13.2 Å². The van der Waals surface area contributed by atoms with Gasteiger partial charge >= 0.3 is 5.97 Å². The summed E-state index contributed by atoms with van der Waals surface area (Å²) in [5, 5.41) is 8.41. The van der Waals surface area contributed by atoms with Crippen molar-refractivity contribution in [3.63, 3.8) is 0 Å². The van der Waals surface area contributed by atoms with E-state index in [-0.39, 0.29) is 28.8 Å². The molecular formula is C31H33ClO7S2. The zero-order chi connectivity index (χ0) is 29.7. The van der Waals surface area contributed by atoms with Crippen molar-refractivity contribution in [3.8, 4) is 0 Å². The first-order valence-electron chi connectivity index (χ1n) is 13.2. The smallest absolute Gasteiger partial charge is 0.296 e. The molecule has 0 aliphatic carbocycles.